The maximum absolute atomic E-state index is 13.5. The molecule has 0 radical (unpaired) electrons. The van der Waals surface area contributed by atoms with Gasteiger partial charge in [0.2, 0.25) is 20.0 Å². The molecule has 0 bridgehead atoms. The molecule has 1 N–H and O–H groups in total. The summed E-state index contributed by atoms with van der Waals surface area (Å²) in [5.41, 5.74) is 0. The number of rotatable bonds is 6. The summed E-state index contributed by atoms with van der Waals surface area (Å²) in [4.78, 5) is 1.59. The summed E-state index contributed by atoms with van der Waals surface area (Å²) in [6, 6.07) is 5.19. The molecule has 0 atom stereocenters. The zero-order valence-corrected chi connectivity index (χ0v) is 14.4. The maximum Gasteiger partial charge on any atom is 0.243 e. The molecule has 0 aliphatic carbocycles. The Labute approximate surface area is 136 Å². The van der Waals surface area contributed by atoms with Crippen molar-refractivity contribution in [3.8, 4) is 0 Å². The van der Waals surface area contributed by atoms with E-state index in [2.05, 4.69) is 4.72 Å². The highest BCUT2D eigenvalue weighted by Gasteiger charge is 2.24. The normalized spacial score (nSPS) is 18.2. The van der Waals surface area contributed by atoms with Crippen LogP contribution in [0.15, 0.2) is 29.2 Å². The number of piperazine rings is 1. The van der Waals surface area contributed by atoms with Crippen LogP contribution in [0.3, 0.4) is 0 Å². The Morgan fingerprint density at radius 3 is 2.26 bits per heavy atom. The minimum atomic E-state index is -3.88. The molecule has 1 aliphatic heterocycles. The zero-order valence-electron chi connectivity index (χ0n) is 12.8. The fraction of sp³-hybridized carbons (Fsp3) is 0.538. The number of hydrogen-bond acceptors (Lipinski definition) is 5. The number of hydrogen-bond donors (Lipinski definition) is 1. The maximum atomic E-state index is 13.5. The van der Waals surface area contributed by atoms with Gasteiger partial charge in [-0.15, -0.1) is 0 Å². The molecule has 0 spiro atoms. The number of benzene rings is 1. The van der Waals surface area contributed by atoms with E-state index in [1.807, 2.05) is 4.90 Å². The summed E-state index contributed by atoms with van der Waals surface area (Å²) in [7, 11) is -7.06. The lowest BCUT2D eigenvalue weighted by Gasteiger charge is -2.33. The van der Waals surface area contributed by atoms with Gasteiger partial charge in [0, 0.05) is 39.3 Å². The van der Waals surface area contributed by atoms with Gasteiger partial charge in [0.15, 0.2) is 0 Å². The Hall–Kier alpha value is -1.07. The summed E-state index contributed by atoms with van der Waals surface area (Å²) in [5.74, 6) is -0.790. The average Bonchev–Trinajstić information content (AvgIpc) is 2.47. The molecule has 1 heterocycles. The summed E-state index contributed by atoms with van der Waals surface area (Å²) >= 11 is 0. The molecule has 1 aromatic carbocycles. The number of sulfonamides is 2. The predicted molar refractivity (Wildman–Crippen MR) is 84.4 cm³/mol. The van der Waals surface area contributed by atoms with E-state index < -0.39 is 25.9 Å². The van der Waals surface area contributed by atoms with E-state index in [0.717, 1.165) is 6.07 Å². The SMILES string of the molecule is CS(=O)(=O)N1CCN(CCNS(=O)(=O)c2ccccc2F)CC1. The van der Waals surface area contributed by atoms with E-state index in [4.69, 9.17) is 0 Å². The number of halogens is 1. The highest BCUT2D eigenvalue weighted by atomic mass is 32.2. The molecule has 0 amide bonds. The van der Waals surface area contributed by atoms with Gasteiger partial charge in [-0.25, -0.2) is 25.9 Å². The van der Waals surface area contributed by atoms with Crippen LogP contribution in [0.2, 0.25) is 0 Å². The van der Waals surface area contributed by atoms with Crippen LogP contribution in [0, 0.1) is 5.82 Å². The van der Waals surface area contributed by atoms with Crippen molar-refractivity contribution in [2.75, 3.05) is 45.5 Å². The lowest BCUT2D eigenvalue weighted by atomic mass is 10.3. The Kier molecular flexibility index (Phi) is 5.74. The summed E-state index contributed by atoms with van der Waals surface area (Å²) < 4.78 is 64.1. The molecule has 130 valence electrons. The number of nitrogens with one attached hydrogen (secondary N) is 1. The van der Waals surface area contributed by atoms with Gasteiger partial charge < -0.3 is 0 Å². The summed E-state index contributed by atoms with van der Waals surface area (Å²) in [6.07, 6.45) is 1.17. The zero-order chi connectivity index (χ0) is 17.1. The van der Waals surface area contributed by atoms with Crippen molar-refractivity contribution >= 4 is 20.0 Å². The predicted octanol–water partition coefficient (Wildman–Crippen LogP) is -0.319. The highest BCUT2D eigenvalue weighted by Crippen LogP contribution is 2.13. The number of nitrogens with zero attached hydrogens (tertiary/aromatic N) is 2. The molecule has 1 fully saturated rings. The van der Waals surface area contributed by atoms with E-state index in [-0.39, 0.29) is 11.4 Å². The molecule has 0 aromatic heterocycles. The molecule has 1 aliphatic rings. The van der Waals surface area contributed by atoms with Gasteiger partial charge in [0.1, 0.15) is 10.7 Å². The summed E-state index contributed by atoms with van der Waals surface area (Å²) in [5, 5.41) is 0. The van der Waals surface area contributed by atoms with Crippen molar-refractivity contribution in [2.24, 2.45) is 0 Å². The van der Waals surface area contributed by atoms with E-state index in [1.54, 1.807) is 0 Å². The van der Waals surface area contributed by atoms with Gasteiger partial charge in [-0.2, -0.15) is 4.31 Å². The minimum absolute atomic E-state index is 0.134. The van der Waals surface area contributed by atoms with E-state index in [9.17, 15) is 21.2 Å². The van der Waals surface area contributed by atoms with Crippen LogP contribution >= 0.6 is 0 Å². The topological polar surface area (TPSA) is 86.8 Å². The van der Waals surface area contributed by atoms with Crippen molar-refractivity contribution < 1.29 is 21.2 Å². The lowest BCUT2D eigenvalue weighted by Crippen LogP contribution is -2.49. The van der Waals surface area contributed by atoms with Gasteiger partial charge >= 0.3 is 0 Å². The Balaban J connectivity index is 1.83. The molecular weight excluding hydrogens is 345 g/mol. The molecular formula is C13H20FN3O4S2. The molecule has 1 aromatic rings. The van der Waals surface area contributed by atoms with Gasteiger partial charge in [0.05, 0.1) is 6.26 Å². The second-order valence-corrected chi connectivity index (χ2v) is 9.05. The molecule has 23 heavy (non-hydrogen) atoms. The monoisotopic (exact) mass is 365 g/mol. The molecule has 1 saturated heterocycles. The fourth-order valence-corrected chi connectivity index (χ4v) is 4.29. The first-order chi connectivity index (χ1) is 10.7. The van der Waals surface area contributed by atoms with E-state index in [0.29, 0.717) is 32.7 Å². The third-order valence-electron chi connectivity index (χ3n) is 3.65. The Bertz CT molecular complexity index is 744. The van der Waals surface area contributed by atoms with Gasteiger partial charge in [-0.3, -0.25) is 4.90 Å². The fourth-order valence-electron chi connectivity index (χ4n) is 2.36. The van der Waals surface area contributed by atoms with Crippen LogP contribution in [0.4, 0.5) is 4.39 Å². The first-order valence-corrected chi connectivity index (χ1v) is 10.4. The van der Waals surface area contributed by atoms with Gasteiger partial charge in [0.25, 0.3) is 0 Å². The molecule has 0 saturated carbocycles. The third-order valence-corrected chi connectivity index (χ3v) is 6.44. The van der Waals surface area contributed by atoms with E-state index >= 15 is 0 Å². The van der Waals surface area contributed by atoms with Gasteiger partial charge in [-0.1, -0.05) is 12.1 Å². The Morgan fingerprint density at radius 1 is 1.09 bits per heavy atom. The van der Waals surface area contributed by atoms with Gasteiger partial charge in [-0.05, 0) is 12.1 Å². The van der Waals surface area contributed by atoms with Crippen LogP contribution in [-0.2, 0) is 20.0 Å². The van der Waals surface area contributed by atoms with Crippen LogP contribution in [-0.4, -0.2) is 71.6 Å². The van der Waals surface area contributed by atoms with Crippen LogP contribution in [0.1, 0.15) is 0 Å². The minimum Gasteiger partial charge on any atom is -0.299 e. The standard InChI is InChI=1S/C13H20FN3O4S2/c1-22(18,19)17-10-8-16(9-11-17)7-6-15-23(20,21)13-5-3-2-4-12(13)14/h2-5,15H,6-11H2,1H3. The largest absolute Gasteiger partial charge is 0.299 e. The van der Waals surface area contributed by atoms with Crippen LogP contribution < -0.4 is 4.72 Å². The third kappa shape index (κ3) is 4.95. The van der Waals surface area contributed by atoms with Crippen LogP contribution in [0.5, 0.6) is 0 Å². The smallest absolute Gasteiger partial charge is 0.243 e. The second kappa shape index (κ2) is 7.22. The highest BCUT2D eigenvalue weighted by molar-refractivity contribution is 7.89. The second-order valence-electron chi connectivity index (χ2n) is 5.33. The molecule has 0 unspecified atom stereocenters. The first-order valence-electron chi connectivity index (χ1n) is 7.12. The quantitative estimate of drug-likeness (QED) is 0.747. The van der Waals surface area contributed by atoms with E-state index in [1.165, 1.54) is 28.8 Å². The van der Waals surface area contributed by atoms with Crippen molar-refractivity contribution in [2.45, 2.75) is 4.90 Å². The van der Waals surface area contributed by atoms with Crippen molar-refractivity contribution in [3.63, 3.8) is 0 Å². The summed E-state index contributed by atoms with van der Waals surface area (Å²) in [6.45, 7) is 2.42. The van der Waals surface area contributed by atoms with Crippen molar-refractivity contribution in [3.05, 3.63) is 30.1 Å². The Morgan fingerprint density at radius 2 is 1.70 bits per heavy atom. The van der Waals surface area contributed by atoms with Crippen LogP contribution in [0.25, 0.3) is 0 Å². The first kappa shape index (κ1) is 18.3. The molecule has 7 nitrogen and oxygen atoms in total. The molecule has 2 rings (SSSR count). The van der Waals surface area contributed by atoms with Crippen molar-refractivity contribution in [1.82, 2.24) is 13.9 Å². The average molecular weight is 365 g/mol. The van der Waals surface area contributed by atoms with Crippen molar-refractivity contribution in [1.29, 1.82) is 0 Å². The molecule has 10 heteroatoms. The lowest BCUT2D eigenvalue weighted by molar-refractivity contribution is 0.192.